The first-order valence-corrected chi connectivity index (χ1v) is 16.7. The van der Waals surface area contributed by atoms with Gasteiger partial charge in [-0.15, -0.1) is 0 Å². The number of piperidine rings is 1. The molecule has 1 saturated heterocycles. The first-order valence-electron chi connectivity index (χ1n) is 13.7. The summed E-state index contributed by atoms with van der Waals surface area (Å²) in [5.74, 6) is 0. The third kappa shape index (κ3) is 5.22. The van der Waals surface area contributed by atoms with Crippen molar-refractivity contribution in [1.29, 1.82) is 0 Å². The van der Waals surface area contributed by atoms with Crippen LogP contribution in [-0.2, 0) is 11.5 Å². The fraction of sp³-hybridized carbons (Fsp3) is 0.500. The lowest BCUT2D eigenvalue weighted by Crippen LogP contribution is -2.44. The highest BCUT2D eigenvalue weighted by Crippen LogP contribution is 2.36. The van der Waals surface area contributed by atoms with Crippen LogP contribution in [0.2, 0.25) is 18.1 Å². The van der Waals surface area contributed by atoms with Gasteiger partial charge in [-0.3, -0.25) is 14.5 Å². The average molecular weight is 532 g/mol. The van der Waals surface area contributed by atoms with E-state index in [9.17, 15) is 4.79 Å². The quantitative estimate of drug-likeness (QED) is 0.289. The smallest absolute Gasteiger partial charge is 0.260 e. The van der Waals surface area contributed by atoms with E-state index in [4.69, 9.17) is 9.41 Å². The predicted molar refractivity (Wildman–Crippen MR) is 158 cm³/mol. The topological polar surface area (TPSA) is 65.2 Å². The monoisotopic (exact) mass is 531 g/mol. The van der Waals surface area contributed by atoms with E-state index in [0.717, 1.165) is 72.2 Å². The van der Waals surface area contributed by atoms with Crippen LogP contribution in [0.5, 0.6) is 0 Å². The molecule has 1 aromatic carbocycles. The zero-order valence-electron chi connectivity index (χ0n) is 23.9. The highest BCUT2D eigenvalue weighted by atomic mass is 28.4. The number of pyridine rings is 2. The number of nitrogens with zero attached hydrogens (tertiary/aromatic N) is 5. The second kappa shape index (κ2) is 10.1. The molecule has 0 atom stereocenters. The molecule has 5 rings (SSSR count). The van der Waals surface area contributed by atoms with Gasteiger partial charge in [0.05, 0.1) is 16.6 Å². The van der Waals surface area contributed by atoms with Crippen molar-refractivity contribution in [3.63, 3.8) is 0 Å². The predicted octanol–water partition coefficient (Wildman–Crippen LogP) is 5.92. The number of likely N-dealkylation sites (tertiary alicyclic amines) is 1. The molecule has 4 heterocycles. The summed E-state index contributed by atoms with van der Waals surface area (Å²) in [5, 5.41) is 7.49. The summed E-state index contributed by atoms with van der Waals surface area (Å²) in [6.45, 7) is 17.3. The lowest BCUT2D eigenvalue weighted by molar-refractivity contribution is 0.151. The molecule has 0 radical (unpaired) electrons. The molecule has 1 fully saturated rings. The molecule has 1 aliphatic heterocycles. The number of fused-ring (bicyclic) bond motifs is 2. The lowest BCUT2D eigenvalue weighted by Gasteiger charge is -2.38. The van der Waals surface area contributed by atoms with Crippen molar-refractivity contribution >= 4 is 30.0 Å². The first-order chi connectivity index (χ1) is 17.9. The van der Waals surface area contributed by atoms with Crippen LogP contribution in [-0.4, -0.2) is 58.8 Å². The highest BCUT2D eigenvalue weighted by Gasteiger charge is 2.37. The summed E-state index contributed by atoms with van der Waals surface area (Å²) in [4.78, 5) is 20.6. The van der Waals surface area contributed by atoms with Gasteiger partial charge in [0, 0.05) is 68.9 Å². The van der Waals surface area contributed by atoms with Crippen molar-refractivity contribution in [3.8, 4) is 11.3 Å². The first kappa shape index (κ1) is 26.8. The second-order valence-corrected chi connectivity index (χ2v) is 17.2. The van der Waals surface area contributed by atoms with Gasteiger partial charge in [-0.25, -0.2) is 0 Å². The van der Waals surface area contributed by atoms with Crippen molar-refractivity contribution < 1.29 is 4.43 Å². The molecular formula is C30H41N5O2Si. The molecule has 0 N–H and O–H groups in total. The SMILES string of the molecule is Cc1cc(-c2cc3ccn(C4CCN(CCO[Si](C)(C)C(C)(C)C)CC4)c(=O)c3cn2)cc2cn(C)nc12. The van der Waals surface area contributed by atoms with Crippen LogP contribution >= 0.6 is 0 Å². The summed E-state index contributed by atoms with van der Waals surface area (Å²) in [6, 6.07) is 8.56. The van der Waals surface area contributed by atoms with Gasteiger partial charge < -0.3 is 13.9 Å². The van der Waals surface area contributed by atoms with Gasteiger partial charge >= 0.3 is 0 Å². The molecular weight excluding hydrogens is 490 g/mol. The third-order valence-corrected chi connectivity index (χ3v) is 13.2. The van der Waals surface area contributed by atoms with E-state index < -0.39 is 8.32 Å². The number of hydrogen-bond donors (Lipinski definition) is 0. The van der Waals surface area contributed by atoms with Crippen molar-refractivity contribution in [2.75, 3.05) is 26.2 Å². The normalized spacial score (nSPS) is 16.1. The Morgan fingerprint density at radius 2 is 1.84 bits per heavy atom. The van der Waals surface area contributed by atoms with Gasteiger partial charge in [-0.1, -0.05) is 20.8 Å². The molecule has 3 aromatic heterocycles. The zero-order valence-corrected chi connectivity index (χ0v) is 24.9. The van der Waals surface area contributed by atoms with Crippen LogP contribution in [0.3, 0.4) is 0 Å². The van der Waals surface area contributed by atoms with Crippen molar-refractivity contribution in [2.45, 2.75) is 64.7 Å². The molecule has 202 valence electrons. The maximum atomic E-state index is 13.4. The van der Waals surface area contributed by atoms with Gasteiger partial charge in [0.15, 0.2) is 8.32 Å². The van der Waals surface area contributed by atoms with Crippen LogP contribution in [0.1, 0.15) is 45.2 Å². The molecule has 7 nitrogen and oxygen atoms in total. The Balaban J connectivity index is 1.27. The van der Waals surface area contributed by atoms with Crippen LogP contribution < -0.4 is 5.56 Å². The van der Waals surface area contributed by atoms with Crippen molar-refractivity contribution in [3.05, 3.63) is 58.8 Å². The Morgan fingerprint density at radius 1 is 1.11 bits per heavy atom. The molecule has 0 bridgehead atoms. The van der Waals surface area contributed by atoms with Gasteiger partial charge in [-0.2, -0.15) is 5.10 Å². The van der Waals surface area contributed by atoms with Crippen LogP contribution in [0.25, 0.3) is 32.9 Å². The Labute approximate surface area is 226 Å². The molecule has 0 spiro atoms. The Bertz CT molecular complexity index is 1520. The molecule has 38 heavy (non-hydrogen) atoms. The largest absolute Gasteiger partial charge is 0.416 e. The summed E-state index contributed by atoms with van der Waals surface area (Å²) >= 11 is 0. The fourth-order valence-corrected chi connectivity index (χ4v) is 6.28. The fourth-order valence-electron chi connectivity index (χ4n) is 5.25. The number of aromatic nitrogens is 4. The van der Waals surface area contributed by atoms with E-state index >= 15 is 0 Å². The van der Waals surface area contributed by atoms with E-state index in [0.29, 0.717) is 5.39 Å². The summed E-state index contributed by atoms with van der Waals surface area (Å²) in [6.07, 6.45) is 7.70. The Morgan fingerprint density at radius 3 is 2.55 bits per heavy atom. The van der Waals surface area contributed by atoms with Gasteiger partial charge in [0.2, 0.25) is 0 Å². The summed E-state index contributed by atoms with van der Waals surface area (Å²) in [5.41, 5.74) is 4.10. The maximum absolute atomic E-state index is 13.4. The van der Waals surface area contributed by atoms with E-state index in [1.54, 1.807) is 6.20 Å². The van der Waals surface area contributed by atoms with Crippen LogP contribution in [0, 0.1) is 6.92 Å². The number of benzene rings is 1. The van der Waals surface area contributed by atoms with E-state index in [1.807, 2.05) is 34.8 Å². The minimum absolute atomic E-state index is 0.0557. The Kier molecular flexibility index (Phi) is 7.09. The second-order valence-electron chi connectivity index (χ2n) is 12.4. The van der Waals surface area contributed by atoms with Crippen LogP contribution in [0.15, 0.2) is 47.7 Å². The lowest BCUT2D eigenvalue weighted by atomic mass is 10.0. The minimum Gasteiger partial charge on any atom is -0.416 e. The summed E-state index contributed by atoms with van der Waals surface area (Å²) < 4.78 is 10.1. The molecule has 1 aliphatic rings. The van der Waals surface area contributed by atoms with Gasteiger partial charge in [0.1, 0.15) is 0 Å². The molecule has 4 aromatic rings. The molecule has 8 heteroatoms. The molecule has 0 unspecified atom stereocenters. The molecule has 0 saturated carbocycles. The minimum atomic E-state index is -1.71. The van der Waals surface area contributed by atoms with Crippen LogP contribution in [0.4, 0.5) is 0 Å². The van der Waals surface area contributed by atoms with Gasteiger partial charge in [0.25, 0.3) is 5.56 Å². The molecule has 0 aliphatic carbocycles. The number of rotatable bonds is 6. The standard InChI is InChI=1S/C30H41N5O2Si/c1-21-16-23(17-24-20-33(5)32-28(21)24)27-18-22-8-13-35(29(36)26(22)19-31-27)25-9-11-34(12-10-25)14-15-37-38(6,7)30(2,3)4/h8,13,16-20,25H,9-12,14-15H2,1-7H3. The molecule has 0 amide bonds. The Hall–Kier alpha value is -2.81. The van der Waals surface area contributed by atoms with E-state index in [2.05, 4.69) is 69.0 Å². The number of hydrogen-bond acceptors (Lipinski definition) is 5. The van der Waals surface area contributed by atoms with E-state index in [-0.39, 0.29) is 16.6 Å². The third-order valence-electron chi connectivity index (χ3n) is 8.65. The summed E-state index contributed by atoms with van der Waals surface area (Å²) in [7, 11) is 0.226. The van der Waals surface area contributed by atoms with E-state index in [1.165, 1.54) is 0 Å². The highest BCUT2D eigenvalue weighted by molar-refractivity contribution is 6.74. The maximum Gasteiger partial charge on any atom is 0.260 e. The van der Waals surface area contributed by atoms with Gasteiger partial charge in [-0.05, 0) is 73.1 Å². The number of aryl methyl sites for hydroxylation is 2. The average Bonchev–Trinajstić information content (AvgIpc) is 3.25. The zero-order chi connectivity index (χ0) is 27.2. The van der Waals surface area contributed by atoms with Crippen molar-refractivity contribution in [1.82, 2.24) is 24.2 Å². The van der Waals surface area contributed by atoms with Crippen molar-refractivity contribution in [2.24, 2.45) is 7.05 Å².